The molecule has 32 heavy (non-hydrogen) atoms. The van der Waals surface area contributed by atoms with E-state index < -0.39 is 0 Å². The summed E-state index contributed by atoms with van der Waals surface area (Å²) in [6.45, 7) is 1.36. The first-order valence-corrected chi connectivity index (χ1v) is 11.3. The first kappa shape index (κ1) is 20.5. The third-order valence-electron chi connectivity index (χ3n) is 6.32. The van der Waals surface area contributed by atoms with Crippen LogP contribution in [-0.4, -0.2) is 62.4 Å². The van der Waals surface area contributed by atoms with Crippen molar-refractivity contribution < 1.29 is 14.3 Å². The lowest BCUT2D eigenvalue weighted by molar-refractivity contribution is 0.0588. The highest BCUT2D eigenvalue weighted by Crippen LogP contribution is 2.26. The number of fused-ring (bicyclic) bond motifs is 1. The van der Waals surface area contributed by atoms with Crippen molar-refractivity contribution in [2.45, 2.75) is 57.2 Å². The van der Waals surface area contributed by atoms with Crippen molar-refractivity contribution in [2.75, 3.05) is 13.7 Å². The summed E-state index contributed by atoms with van der Waals surface area (Å²) in [7, 11) is 1.63. The first-order valence-electron chi connectivity index (χ1n) is 11.3. The van der Waals surface area contributed by atoms with Crippen LogP contribution in [0.25, 0.3) is 10.9 Å². The summed E-state index contributed by atoms with van der Waals surface area (Å²) in [4.78, 5) is 30.7. The van der Waals surface area contributed by atoms with E-state index in [4.69, 9.17) is 4.74 Å². The number of nitrogens with zero attached hydrogens (tertiary/aromatic N) is 4. The molecule has 9 heteroatoms. The Balaban J connectivity index is 1.25. The molecule has 1 aliphatic carbocycles. The average Bonchev–Trinajstić information content (AvgIpc) is 3.33. The van der Waals surface area contributed by atoms with Gasteiger partial charge in [-0.2, -0.15) is 0 Å². The monoisotopic (exact) mass is 436 g/mol. The second-order valence-corrected chi connectivity index (χ2v) is 8.69. The average molecular weight is 437 g/mol. The predicted octanol–water partition coefficient (Wildman–Crippen LogP) is 2.75. The Morgan fingerprint density at radius 2 is 2.09 bits per heavy atom. The smallest absolute Gasteiger partial charge is 0.273 e. The number of hydrogen-bond donors (Lipinski definition) is 2. The third kappa shape index (κ3) is 4.32. The number of methoxy groups -OCH3 is 1. The molecule has 1 aliphatic heterocycles. The number of rotatable bonds is 7. The molecule has 0 radical (unpaired) electrons. The standard InChI is InChI=1S/C23H28N6O3/c1-32-18-8-5-15-12-20(25-19(15)13-18)23(31)29-10-3-2-4-17(29)9-11-28-14-21(26-27-28)22(30)24-16-6-7-16/h5,8,12-14,16-17,25H,2-4,6-7,9-11H2,1H3,(H,24,30). The Morgan fingerprint density at radius 1 is 1.22 bits per heavy atom. The van der Waals surface area contributed by atoms with Crippen molar-refractivity contribution in [1.29, 1.82) is 0 Å². The maximum Gasteiger partial charge on any atom is 0.273 e. The topological polar surface area (TPSA) is 105 Å². The minimum atomic E-state index is -0.163. The molecule has 1 unspecified atom stereocenters. The summed E-state index contributed by atoms with van der Waals surface area (Å²) >= 11 is 0. The quantitative estimate of drug-likeness (QED) is 0.593. The largest absolute Gasteiger partial charge is 0.497 e. The number of ether oxygens (including phenoxy) is 1. The van der Waals surface area contributed by atoms with Gasteiger partial charge in [-0.15, -0.1) is 5.10 Å². The molecule has 0 bridgehead atoms. The molecule has 168 valence electrons. The highest BCUT2D eigenvalue weighted by Gasteiger charge is 2.29. The molecule has 2 N–H and O–H groups in total. The van der Waals surface area contributed by atoms with Gasteiger partial charge in [0.05, 0.1) is 13.3 Å². The molecule has 1 saturated carbocycles. The van der Waals surface area contributed by atoms with Crippen LogP contribution in [0.5, 0.6) is 5.75 Å². The molecule has 2 amide bonds. The van der Waals surface area contributed by atoms with Crippen molar-refractivity contribution in [1.82, 2.24) is 30.2 Å². The fraction of sp³-hybridized carbons (Fsp3) is 0.478. The number of aromatic nitrogens is 4. The molecule has 1 saturated heterocycles. The molecule has 3 heterocycles. The fourth-order valence-electron chi connectivity index (χ4n) is 4.35. The van der Waals surface area contributed by atoms with E-state index in [0.717, 1.165) is 61.7 Å². The van der Waals surface area contributed by atoms with Crippen LogP contribution in [0.1, 0.15) is 59.5 Å². The van der Waals surface area contributed by atoms with Gasteiger partial charge in [0.1, 0.15) is 11.4 Å². The molecule has 2 fully saturated rings. The van der Waals surface area contributed by atoms with Gasteiger partial charge in [0.2, 0.25) is 0 Å². The number of piperidine rings is 1. The molecule has 5 rings (SSSR count). The minimum absolute atomic E-state index is 0.0213. The Labute approximate surface area is 186 Å². The lowest BCUT2D eigenvalue weighted by Crippen LogP contribution is -2.44. The number of aromatic amines is 1. The fourth-order valence-corrected chi connectivity index (χ4v) is 4.35. The van der Waals surface area contributed by atoms with Gasteiger partial charge in [0.15, 0.2) is 5.69 Å². The molecular weight excluding hydrogens is 408 g/mol. The van der Waals surface area contributed by atoms with Crippen LogP contribution in [0.2, 0.25) is 0 Å². The lowest BCUT2D eigenvalue weighted by Gasteiger charge is -2.35. The van der Waals surface area contributed by atoms with Crippen molar-refractivity contribution in [3.63, 3.8) is 0 Å². The first-order chi connectivity index (χ1) is 15.6. The predicted molar refractivity (Wildman–Crippen MR) is 119 cm³/mol. The van der Waals surface area contributed by atoms with E-state index in [1.165, 1.54) is 0 Å². The van der Waals surface area contributed by atoms with E-state index in [1.54, 1.807) is 18.0 Å². The Kier molecular flexibility index (Phi) is 5.55. The lowest BCUT2D eigenvalue weighted by atomic mass is 9.99. The summed E-state index contributed by atoms with van der Waals surface area (Å²) < 4.78 is 6.99. The number of aryl methyl sites for hydroxylation is 1. The Hall–Kier alpha value is -3.36. The summed E-state index contributed by atoms with van der Waals surface area (Å²) in [6, 6.07) is 8.08. The van der Waals surface area contributed by atoms with Crippen LogP contribution in [0.15, 0.2) is 30.5 Å². The van der Waals surface area contributed by atoms with Crippen molar-refractivity contribution in [2.24, 2.45) is 0 Å². The van der Waals surface area contributed by atoms with Crippen LogP contribution < -0.4 is 10.1 Å². The molecule has 9 nitrogen and oxygen atoms in total. The molecule has 3 aromatic rings. The van der Waals surface area contributed by atoms with E-state index in [0.29, 0.717) is 24.0 Å². The van der Waals surface area contributed by atoms with Crippen LogP contribution in [-0.2, 0) is 6.54 Å². The van der Waals surface area contributed by atoms with E-state index in [2.05, 4.69) is 20.6 Å². The summed E-state index contributed by atoms with van der Waals surface area (Å²) in [5.41, 5.74) is 1.84. The van der Waals surface area contributed by atoms with Gasteiger partial charge in [0, 0.05) is 42.1 Å². The molecule has 2 aliphatic rings. The highest BCUT2D eigenvalue weighted by atomic mass is 16.5. The van der Waals surface area contributed by atoms with E-state index in [1.807, 2.05) is 29.2 Å². The van der Waals surface area contributed by atoms with E-state index >= 15 is 0 Å². The number of carbonyl (C=O) groups excluding carboxylic acids is 2. The maximum atomic E-state index is 13.3. The van der Waals surface area contributed by atoms with Crippen molar-refractivity contribution in [3.8, 4) is 5.75 Å². The zero-order valence-electron chi connectivity index (χ0n) is 18.2. The molecular formula is C23H28N6O3. The Morgan fingerprint density at radius 3 is 2.91 bits per heavy atom. The Bertz CT molecular complexity index is 1130. The second-order valence-electron chi connectivity index (χ2n) is 8.69. The normalized spacial score (nSPS) is 18.7. The van der Waals surface area contributed by atoms with Crippen LogP contribution >= 0.6 is 0 Å². The van der Waals surface area contributed by atoms with Gasteiger partial charge in [-0.1, -0.05) is 5.21 Å². The summed E-state index contributed by atoms with van der Waals surface area (Å²) in [6.07, 6.45) is 7.61. The molecule has 1 aromatic carbocycles. The van der Waals surface area contributed by atoms with E-state index in [9.17, 15) is 9.59 Å². The molecule has 0 spiro atoms. The van der Waals surface area contributed by atoms with Crippen molar-refractivity contribution in [3.05, 3.63) is 41.9 Å². The molecule has 2 aromatic heterocycles. The zero-order valence-corrected chi connectivity index (χ0v) is 18.2. The van der Waals surface area contributed by atoms with Gasteiger partial charge in [0.25, 0.3) is 11.8 Å². The highest BCUT2D eigenvalue weighted by molar-refractivity contribution is 5.98. The van der Waals surface area contributed by atoms with E-state index in [-0.39, 0.29) is 17.9 Å². The number of likely N-dealkylation sites (tertiary alicyclic amines) is 1. The summed E-state index contributed by atoms with van der Waals surface area (Å²) in [5, 5.41) is 12.0. The third-order valence-corrected chi connectivity index (χ3v) is 6.32. The number of amides is 2. The maximum absolute atomic E-state index is 13.3. The van der Waals surface area contributed by atoms with Crippen LogP contribution in [0, 0.1) is 0 Å². The van der Waals surface area contributed by atoms with Crippen molar-refractivity contribution >= 4 is 22.7 Å². The second kappa shape index (κ2) is 8.64. The minimum Gasteiger partial charge on any atom is -0.497 e. The van der Waals surface area contributed by atoms with Gasteiger partial charge in [-0.05, 0) is 56.7 Å². The zero-order chi connectivity index (χ0) is 22.1. The number of H-pyrrole nitrogens is 1. The molecule has 1 atom stereocenters. The number of benzene rings is 1. The number of nitrogens with one attached hydrogen (secondary N) is 2. The van der Waals surface area contributed by atoms with Gasteiger partial charge in [-0.25, -0.2) is 0 Å². The number of carbonyl (C=O) groups is 2. The van der Waals surface area contributed by atoms with Gasteiger partial charge < -0.3 is 19.9 Å². The summed E-state index contributed by atoms with van der Waals surface area (Å²) in [5.74, 6) is 0.615. The SMILES string of the molecule is COc1ccc2cc(C(=O)N3CCCCC3CCn3cc(C(=O)NC4CC4)nn3)[nH]c2c1. The van der Waals surface area contributed by atoms with Gasteiger partial charge in [-0.3, -0.25) is 14.3 Å². The van der Waals surface area contributed by atoms with Crippen LogP contribution in [0.4, 0.5) is 0 Å². The van der Waals surface area contributed by atoms with Crippen LogP contribution in [0.3, 0.4) is 0 Å². The van der Waals surface area contributed by atoms with Gasteiger partial charge >= 0.3 is 0 Å². The number of hydrogen-bond acceptors (Lipinski definition) is 5.